The smallest absolute Gasteiger partial charge is 0.188 e. The van der Waals surface area contributed by atoms with Crippen LogP contribution in [0.5, 0.6) is 0 Å². The summed E-state index contributed by atoms with van der Waals surface area (Å²) in [4.78, 5) is 2.10. The van der Waals surface area contributed by atoms with Crippen molar-refractivity contribution in [1.82, 2.24) is 4.90 Å². The third kappa shape index (κ3) is 23.9. The van der Waals surface area contributed by atoms with E-state index in [4.69, 9.17) is 11.1 Å². The summed E-state index contributed by atoms with van der Waals surface area (Å²) in [6.45, 7) is 6.53. The van der Waals surface area contributed by atoms with Crippen molar-refractivity contribution in [2.75, 3.05) is 13.1 Å². The topological polar surface area (TPSA) is 53.1 Å². The maximum atomic E-state index is 7.86. The zero-order valence-electron chi connectivity index (χ0n) is 22.4. The Balaban J connectivity index is 3.42. The molecule has 0 amide bonds. The molecular formula is C29H61N3. The summed E-state index contributed by atoms with van der Waals surface area (Å²) in [5.74, 6) is 0.274. The summed E-state index contributed by atoms with van der Waals surface area (Å²) in [6, 6.07) is 0. The Bertz CT molecular complexity index is 341. The SMILES string of the molecule is CCCCCCCCCCCCCCN(CCCCCCCCCCCCCC)C(=N)N. The van der Waals surface area contributed by atoms with Gasteiger partial charge >= 0.3 is 0 Å². The number of nitrogens with zero attached hydrogens (tertiary/aromatic N) is 1. The van der Waals surface area contributed by atoms with Crippen LogP contribution in [0.3, 0.4) is 0 Å². The largest absolute Gasteiger partial charge is 0.370 e. The van der Waals surface area contributed by atoms with E-state index in [1.54, 1.807) is 0 Å². The van der Waals surface area contributed by atoms with Crippen LogP contribution in [0, 0.1) is 5.41 Å². The second-order valence-electron chi connectivity index (χ2n) is 10.2. The molecule has 0 radical (unpaired) electrons. The molecule has 192 valence electrons. The lowest BCUT2D eigenvalue weighted by Crippen LogP contribution is -2.37. The molecule has 3 N–H and O–H groups in total. The van der Waals surface area contributed by atoms with Crippen LogP contribution in [0.1, 0.15) is 168 Å². The first kappa shape index (κ1) is 31.3. The lowest BCUT2D eigenvalue weighted by Gasteiger charge is -2.22. The van der Waals surface area contributed by atoms with Crippen molar-refractivity contribution in [3.8, 4) is 0 Å². The molecule has 0 aromatic heterocycles. The van der Waals surface area contributed by atoms with Crippen LogP contribution in [0.2, 0.25) is 0 Å². The fourth-order valence-corrected chi connectivity index (χ4v) is 4.64. The minimum atomic E-state index is 0.274. The Morgan fingerprint density at radius 3 is 0.875 bits per heavy atom. The van der Waals surface area contributed by atoms with Crippen LogP contribution in [-0.4, -0.2) is 23.9 Å². The van der Waals surface area contributed by atoms with E-state index in [-0.39, 0.29) is 5.96 Å². The molecule has 0 atom stereocenters. The number of rotatable bonds is 26. The van der Waals surface area contributed by atoms with E-state index in [0.717, 1.165) is 13.1 Å². The number of guanidine groups is 1. The van der Waals surface area contributed by atoms with Crippen LogP contribution >= 0.6 is 0 Å². The van der Waals surface area contributed by atoms with Crippen LogP contribution in [-0.2, 0) is 0 Å². The van der Waals surface area contributed by atoms with Gasteiger partial charge in [0.15, 0.2) is 5.96 Å². The van der Waals surface area contributed by atoms with Gasteiger partial charge in [0.2, 0.25) is 0 Å². The normalized spacial score (nSPS) is 11.2. The number of unbranched alkanes of at least 4 members (excludes halogenated alkanes) is 22. The lowest BCUT2D eigenvalue weighted by atomic mass is 10.0. The van der Waals surface area contributed by atoms with Gasteiger partial charge in [-0.25, -0.2) is 0 Å². The molecule has 0 saturated carbocycles. The molecule has 0 unspecified atom stereocenters. The van der Waals surface area contributed by atoms with E-state index < -0.39 is 0 Å². The molecule has 3 heteroatoms. The molecule has 0 aliphatic carbocycles. The van der Waals surface area contributed by atoms with E-state index in [1.165, 1.54) is 154 Å². The Hall–Kier alpha value is -0.730. The van der Waals surface area contributed by atoms with Crippen LogP contribution in [0.25, 0.3) is 0 Å². The van der Waals surface area contributed by atoms with Crippen LogP contribution in [0.4, 0.5) is 0 Å². The molecule has 0 fully saturated rings. The molecule has 0 saturated heterocycles. The predicted octanol–water partition coefficient (Wildman–Crippen LogP) is 9.58. The zero-order valence-corrected chi connectivity index (χ0v) is 22.4. The van der Waals surface area contributed by atoms with Crippen molar-refractivity contribution in [1.29, 1.82) is 5.41 Å². The van der Waals surface area contributed by atoms with E-state index in [9.17, 15) is 0 Å². The van der Waals surface area contributed by atoms with Crippen molar-refractivity contribution in [3.05, 3.63) is 0 Å². The van der Waals surface area contributed by atoms with Gasteiger partial charge < -0.3 is 10.6 Å². The molecule has 0 aliphatic rings. The van der Waals surface area contributed by atoms with Crippen LogP contribution in [0.15, 0.2) is 0 Å². The van der Waals surface area contributed by atoms with E-state index in [0.29, 0.717) is 0 Å². The minimum absolute atomic E-state index is 0.274. The van der Waals surface area contributed by atoms with Crippen molar-refractivity contribution in [3.63, 3.8) is 0 Å². The van der Waals surface area contributed by atoms with Gasteiger partial charge in [0.25, 0.3) is 0 Å². The van der Waals surface area contributed by atoms with Crippen molar-refractivity contribution in [2.45, 2.75) is 168 Å². The van der Waals surface area contributed by atoms with E-state index in [2.05, 4.69) is 18.7 Å². The average Bonchev–Trinajstić information content (AvgIpc) is 2.78. The second-order valence-corrected chi connectivity index (χ2v) is 10.2. The van der Waals surface area contributed by atoms with Gasteiger partial charge in [-0.15, -0.1) is 0 Å². The Morgan fingerprint density at radius 2 is 0.656 bits per heavy atom. The van der Waals surface area contributed by atoms with Crippen LogP contribution < -0.4 is 5.73 Å². The summed E-state index contributed by atoms with van der Waals surface area (Å²) in [5, 5.41) is 7.86. The van der Waals surface area contributed by atoms with Gasteiger partial charge in [-0.2, -0.15) is 0 Å². The van der Waals surface area contributed by atoms with Gasteiger partial charge in [-0.1, -0.05) is 155 Å². The first-order valence-electron chi connectivity index (χ1n) is 14.8. The van der Waals surface area contributed by atoms with Gasteiger partial charge in [-0.05, 0) is 12.8 Å². The number of hydrogen-bond donors (Lipinski definition) is 2. The molecule has 0 aliphatic heterocycles. The first-order chi connectivity index (χ1) is 15.7. The highest BCUT2D eigenvalue weighted by Gasteiger charge is 2.06. The Kier molecular flexibility index (Phi) is 25.9. The highest BCUT2D eigenvalue weighted by Crippen LogP contribution is 2.14. The fraction of sp³-hybridized carbons (Fsp3) is 0.966. The Labute approximate surface area is 203 Å². The highest BCUT2D eigenvalue weighted by molar-refractivity contribution is 5.74. The lowest BCUT2D eigenvalue weighted by molar-refractivity contribution is 0.378. The predicted molar refractivity (Wildman–Crippen MR) is 146 cm³/mol. The molecular weight excluding hydrogens is 390 g/mol. The first-order valence-corrected chi connectivity index (χ1v) is 14.8. The molecule has 0 bridgehead atoms. The summed E-state index contributed by atoms with van der Waals surface area (Å²) in [7, 11) is 0. The summed E-state index contributed by atoms with van der Waals surface area (Å²) in [5.41, 5.74) is 5.82. The molecule has 0 aromatic carbocycles. The third-order valence-corrected chi connectivity index (χ3v) is 6.90. The molecule has 0 heterocycles. The fourth-order valence-electron chi connectivity index (χ4n) is 4.64. The van der Waals surface area contributed by atoms with Gasteiger partial charge in [0, 0.05) is 13.1 Å². The number of hydrogen-bond acceptors (Lipinski definition) is 1. The zero-order chi connectivity index (χ0) is 23.5. The van der Waals surface area contributed by atoms with Gasteiger partial charge in [-0.3, -0.25) is 5.41 Å². The second kappa shape index (κ2) is 26.5. The summed E-state index contributed by atoms with van der Waals surface area (Å²) in [6.07, 6.45) is 33.1. The maximum absolute atomic E-state index is 7.86. The van der Waals surface area contributed by atoms with E-state index in [1.807, 2.05) is 0 Å². The molecule has 0 aromatic rings. The molecule has 0 rings (SSSR count). The maximum Gasteiger partial charge on any atom is 0.188 e. The summed E-state index contributed by atoms with van der Waals surface area (Å²) >= 11 is 0. The molecule has 3 nitrogen and oxygen atoms in total. The monoisotopic (exact) mass is 451 g/mol. The van der Waals surface area contributed by atoms with Crippen molar-refractivity contribution in [2.24, 2.45) is 5.73 Å². The number of nitrogens with one attached hydrogen (secondary N) is 1. The molecule has 32 heavy (non-hydrogen) atoms. The van der Waals surface area contributed by atoms with Crippen molar-refractivity contribution < 1.29 is 0 Å². The highest BCUT2D eigenvalue weighted by atomic mass is 15.2. The average molecular weight is 452 g/mol. The standard InChI is InChI=1S/C29H61N3/c1-3-5-7-9-11-13-15-17-19-21-23-25-27-32(29(30)31)28-26-24-22-20-18-16-14-12-10-8-6-4-2/h3-28H2,1-2H3,(H3,30,31). The number of nitrogens with two attached hydrogens (primary N) is 1. The van der Waals surface area contributed by atoms with Gasteiger partial charge in [0.05, 0.1) is 0 Å². The minimum Gasteiger partial charge on any atom is -0.370 e. The Morgan fingerprint density at radius 1 is 0.438 bits per heavy atom. The van der Waals surface area contributed by atoms with E-state index >= 15 is 0 Å². The van der Waals surface area contributed by atoms with Gasteiger partial charge in [0.1, 0.15) is 0 Å². The molecule has 0 spiro atoms. The van der Waals surface area contributed by atoms with Crippen molar-refractivity contribution >= 4 is 5.96 Å². The summed E-state index contributed by atoms with van der Waals surface area (Å²) < 4.78 is 0. The quantitative estimate of drug-likeness (QED) is 0.0781. The third-order valence-electron chi connectivity index (χ3n) is 6.90.